The van der Waals surface area contributed by atoms with Gasteiger partial charge in [-0.05, 0) is 33.1 Å². The molecule has 4 nitrogen and oxygen atoms in total. The Hall–Kier alpha value is -0.610. The SMILES string of the molecule is CC(C)NC(=O)CCOC1CCCC1N. The molecule has 0 aliphatic heterocycles. The van der Waals surface area contributed by atoms with E-state index >= 15 is 0 Å². The average molecular weight is 214 g/mol. The Morgan fingerprint density at radius 2 is 2.27 bits per heavy atom. The molecule has 0 aromatic rings. The van der Waals surface area contributed by atoms with Crippen LogP contribution in [0.4, 0.5) is 0 Å². The van der Waals surface area contributed by atoms with Gasteiger partial charge in [0.2, 0.25) is 5.91 Å². The Bertz CT molecular complexity index is 207. The molecule has 0 saturated heterocycles. The maximum Gasteiger partial charge on any atom is 0.222 e. The highest BCUT2D eigenvalue weighted by molar-refractivity contribution is 5.76. The molecule has 0 bridgehead atoms. The first-order chi connectivity index (χ1) is 7.09. The zero-order valence-electron chi connectivity index (χ0n) is 9.66. The first-order valence-electron chi connectivity index (χ1n) is 5.76. The highest BCUT2D eigenvalue weighted by Gasteiger charge is 2.24. The summed E-state index contributed by atoms with van der Waals surface area (Å²) in [5, 5.41) is 2.83. The van der Waals surface area contributed by atoms with Crippen LogP contribution in [0, 0.1) is 0 Å². The summed E-state index contributed by atoms with van der Waals surface area (Å²) < 4.78 is 5.58. The van der Waals surface area contributed by atoms with Crippen LogP contribution in [0.1, 0.15) is 39.5 Å². The van der Waals surface area contributed by atoms with Crippen molar-refractivity contribution in [3.8, 4) is 0 Å². The van der Waals surface area contributed by atoms with Gasteiger partial charge in [0.25, 0.3) is 0 Å². The van der Waals surface area contributed by atoms with Crippen LogP contribution in [-0.4, -0.2) is 30.7 Å². The van der Waals surface area contributed by atoms with Crippen LogP contribution in [0.2, 0.25) is 0 Å². The molecule has 1 fully saturated rings. The number of hydrogen-bond acceptors (Lipinski definition) is 3. The average Bonchev–Trinajstić information content (AvgIpc) is 2.50. The van der Waals surface area contributed by atoms with E-state index in [9.17, 15) is 4.79 Å². The number of nitrogens with two attached hydrogens (primary N) is 1. The van der Waals surface area contributed by atoms with Gasteiger partial charge in [-0.25, -0.2) is 0 Å². The first kappa shape index (κ1) is 12.5. The summed E-state index contributed by atoms with van der Waals surface area (Å²) in [6, 6.07) is 0.365. The van der Waals surface area contributed by atoms with E-state index in [-0.39, 0.29) is 24.1 Å². The second-order valence-corrected chi connectivity index (χ2v) is 4.48. The Balaban J connectivity index is 2.08. The van der Waals surface area contributed by atoms with Gasteiger partial charge in [-0.1, -0.05) is 0 Å². The second kappa shape index (κ2) is 6.08. The van der Waals surface area contributed by atoms with Crippen molar-refractivity contribution in [1.82, 2.24) is 5.32 Å². The van der Waals surface area contributed by atoms with Crippen molar-refractivity contribution in [1.29, 1.82) is 0 Å². The fraction of sp³-hybridized carbons (Fsp3) is 0.909. The maximum atomic E-state index is 11.3. The Morgan fingerprint density at radius 3 is 2.80 bits per heavy atom. The van der Waals surface area contributed by atoms with Crippen molar-refractivity contribution in [2.45, 2.75) is 57.7 Å². The molecule has 1 rings (SSSR count). The molecule has 0 heterocycles. The van der Waals surface area contributed by atoms with Gasteiger partial charge in [0.1, 0.15) is 0 Å². The summed E-state index contributed by atoms with van der Waals surface area (Å²) in [5.74, 6) is 0.0524. The third-order valence-corrected chi connectivity index (χ3v) is 2.61. The zero-order valence-corrected chi connectivity index (χ0v) is 9.66. The number of nitrogens with one attached hydrogen (secondary N) is 1. The van der Waals surface area contributed by atoms with Gasteiger partial charge in [0.05, 0.1) is 12.7 Å². The molecule has 1 aliphatic carbocycles. The minimum absolute atomic E-state index is 0.0524. The highest BCUT2D eigenvalue weighted by Crippen LogP contribution is 2.20. The second-order valence-electron chi connectivity index (χ2n) is 4.48. The van der Waals surface area contributed by atoms with Gasteiger partial charge in [-0.15, -0.1) is 0 Å². The number of ether oxygens (including phenoxy) is 1. The Morgan fingerprint density at radius 1 is 1.53 bits per heavy atom. The molecule has 1 aliphatic rings. The molecule has 0 spiro atoms. The van der Waals surface area contributed by atoms with Crippen molar-refractivity contribution in [2.24, 2.45) is 5.73 Å². The van der Waals surface area contributed by atoms with E-state index in [0.29, 0.717) is 13.0 Å². The summed E-state index contributed by atoms with van der Waals surface area (Å²) in [7, 11) is 0. The van der Waals surface area contributed by atoms with Crippen molar-refractivity contribution in [2.75, 3.05) is 6.61 Å². The number of hydrogen-bond donors (Lipinski definition) is 2. The standard InChI is InChI=1S/C11H22N2O2/c1-8(2)13-11(14)6-7-15-10-5-3-4-9(10)12/h8-10H,3-7,12H2,1-2H3,(H,13,14). The normalized spacial score (nSPS) is 25.9. The van der Waals surface area contributed by atoms with Crippen molar-refractivity contribution < 1.29 is 9.53 Å². The molecule has 0 aromatic heterocycles. The van der Waals surface area contributed by atoms with E-state index in [4.69, 9.17) is 10.5 Å². The number of carbonyl (C=O) groups is 1. The Kier molecular flexibility index (Phi) is 5.05. The predicted molar refractivity (Wildman–Crippen MR) is 59.5 cm³/mol. The van der Waals surface area contributed by atoms with Crippen LogP contribution >= 0.6 is 0 Å². The van der Waals surface area contributed by atoms with E-state index in [1.807, 2.05) is 13.8 Å². The van der Waals surface area contributed by atoms with Gasteiger partial charge >= 0.3 is 0 Å². The largest absolute Gasteiger partial charge is 0.376 e. The molecule has 0 aromatic carbocycles. The molecule has 1 amide bonds. The Labute approximate surface area is 91.5 Å². The van der Waals surface area contributed by atoms with Gasteiger partial charge in [0, 0.05) is 18.5 Å². The third-order valence-electron chi connectivity index (χ3n) is 2.61. The summed E-state index contributed by atoms with van der Waals surface area (Å²) in [4.78, 5) is 11.3. The molecule has 0 radical (unpaired) electrons. The zero-order chi connectivity index (χ0) is 11.3. The van der Waals surface area contributed by atoms with Gasteiger partial charge < -0.3 is 15.8 Å². The van der Waals surface area contributed by atoms with Gasteiger partial charge in [-0.2, -0.15) is 0 Å². The first-order valence-corrected chi connectivity index (χ1v) is 5.76. The van der Waals surface area contributed by atoms with Crippen molar-refractivity contribution >= 4 is 5.91 Å². The van der Waals surface area contributed by atoms with Crippen LogP contribution in [0.3, 0.4) is 0 Å². The molecular formula is C11H22N2O2. The van der Waals surface area contributed by atoms with E-state index in [1.165, 1.54) is 0 Å². The summed E-state index contributed by atoms with van der Waals surface area (Å²) >= 11 is 0. The van der Waals surface area contributed by atoms with Crippen LogP contribution in [0.15, 0.2) is 0 Å². The lowest BCUT2D eigenvalue weighted by Gasteiger charge is -2.16. The quantitative estimate of drug-likeness (QED) is 0.711. The van der Waals surface area contributed by atoms with E-state index in [1.54, 1.807) is 0 Å². The van der Waals surface area contributed by atoms with Crippen LogP contribution < -0.4 is 11.1 Å². The molecule has 2 unspecified atom stereocenters. The number of carbonyl (C=O) groups excluding carboxylic acids is 1. The molecule has 15 heavy (non-hydrogen) atoms. The minimum atomic E-state index is 0.0524. The lowest BCUT2D eigenvalue weighted by molar-refractivity contribution is -0.123. The lowest BCUT2D eigenvalue weighted by Crippen LogP contribution is -2.34. The molecule has 1 saturated carbocycles. The maximum absolute atomic E-state index is 11.3. The molecule has 2 atom stereocenters. The van der Waals surface area contributed by atoms with Gasteiger partial charge in [0.15, 0.2) is 0 Å². The summed E-state index contributed by atoms with van der Waals surface area (Å²) in [6.07, 6.45) is 3.82. The number of rotatable bonds is 5. The monoisotopic (exact) mass is 214 g/mol. The molecule has 3 N–H and O–H groups in total. The molecular weight excluding hydrogens is 192 g/mol. The van der Waals surface area contributed by atoms with Crippen LogP contribution in [0.25, 0.3) is 0 Å². The highest BCUT2D eigenvalue weighted by atomic mass is 16.5. The molecule has 88 valence electrons. The van der Waals surface area contributed by atoms with Crippen molar-refractivity contribution in [3.63, 3.8) is 0 Å². The fourth-order valence-corrected chi connectivity index (χ4v) is 1.86. The predicted octanol–water partition coefficient (Wildman–Crippen LogP) is 0.797. The van der Waals surface area contributed by atoms with Crippen LogP contribution in [-0.2, 0) is 9.53 Å². The smallest absolute Gasteiger partial charge is 0.222 e. The minimum Gasteiger partial charge on any atom is -0.376 e. The van der Waals surface area contributed by atoms with E-state index in [2.05, 4.69) is 5.32 Å². The lowest BCUT2D eigenvalue weighted by atomic mass is 10.2. The third kappa shape index (κ3) is 4.62. The van der Waals surface area contributed by atoms with Crippen LogP contribution in [0.5, 0.6) is 0 Å². The number of amides is 1. The topological polar surface area (TPSA) is 64.3 Å². The van der Waals surface area contributed by atoms with Gasteiger partial charge in [-0.3, -0.25) is 4.79 Å². The summed E-state index contributed by atoms with van der Waals surface area (Å²) in [6.45, 7) is 4.38. The van der Waals surface area contributed by atoms with E-state index < -0.39 is 0 Å². The fourth-order valence-electron chi connectivity index (χ4n) is 1.86. The van der Waals surface area contributed by atoms with E-state index in [0.717, 1.165) is 19.3 Å². The molecule has 4 heteroatoms. The summed E-state index contributed by atoms with van der Waals surface area (Å²) in [5.41, 5.74) is 5.85. The van der Waals surface area contributed by atoms with Crippen molar-refractivity contribution in [3.05, 3.63) is 0 Å².